The molecule has 0 heterocycles. The van der Waals surface area contributed by atoms with Crippen molar-refractivity contribution in [2.24, 2.45) is 0 Å². The molecule has 0 aromatic heterocycles. The Morgan fingerprint density at radius 3 is 2.27 bits per heavy atom. The average Bonchev–Trinajstić information content (AvgIpc) is 2.14. The maximum atomic E-state index is 11.3. The molecular formula is C9H17N3O3. The van der Waals surface area contributed by atoms with Crippen LogP contribution in [0.3, 0.4) is 0 Å². The molecule has 3 N–H and O–H groups in total. The highest BCUT2D eigenvalue weighted by Gasteiger charge is 2.14. The van der Waals surface area contributed by atoms with Crippen LogP contribution in [-0.4, -0.2) is 43.8 Å². The second kappa shape index (κ2) is 6.94. The molecule has 15 heavy (non-hydrogen) atoms. The van der Waals surface area contributed by atoms with Crippen LogP contribution >= 0.6 is 0 Å². The lowest BCUT2D eigenvalue weighted by molar-refractivity contribution is -0.129. The second-order valence-electron chi connectivity index (χ2n) is 3.24. The van der Waals surface area contributed by atoms with Crippen LogP contribution in [0.5, 0.6) is 0 Å². The van der Waals surface area contributed by atoms with Crippen molar-refractivity contribution in [1.82, 2.24) is 16.0 Å². The number of rotatable bonds is 6. The molecule has 1 atom stereocenters. The Labute approximate surface area is 88.8 Å². The van der Waals surface area contributed by atoms with Crippen LogP contribution in [-0.2, 0) is 14.4 Å². The van der Waals surface area contributed by atoms with Gasteiger partial charge in [0.05, 0.1) is 13.1 Å². The number of Topliss-reactive ketones (excluding diaryl/α,β-unsaturated/α-hetero) is 1. The van der Waals surface area contributed by atoms with E-state index in [0.717, 1.165) is 0 Å². The van der Waals surface area contributed by atoms with Crippen LogP contribution in [0.15, 0.2) is 0 Å². The van der Waals surface area contributed by atoms with E-state index in [1.54, 1.807) is 14.0 Å². The number of hydrogen-bond acceptors (Lipinski definition) is 4. The Morgan fingerprint density at radius 2 is 1.80 bits per heavy atom. The average molecular weight is 215 g/mol. The predicted molar refractivity (Wildman–Crippen MR) is 55.2 cm³/mol. The third kappa shape index (κ3) is 6.62. The van der Waals surface area contributed by atoms with Crippen molar-refractivity contribution >= 4 is 17.6 Å². The monoisotopic (exact) mass is 215 g/mol. The largest absolute Gasteiger partial charge is 0.347 e. The summed E-state index contributed by atoms with van der Waals surface area (Å²) < 4.78 is 0. The molecule has 1 unspecified atom stereocenters. The van der Waals surface area contributed by atoms with E-state index in [9.17, 15) is 14.4 Å². The van der Waals surface area contributed by atoms with Gasteiger partial charge in [0.2, 0.25) is 11.8 Å². The number of hydrogen-bond donors (Lipinski definition) is 3. The predicted octanol–water partition coefficient (Wildman–Crippen LogP) is -1.58. The minimum atomic E-state index is -0.634. The molecule has 0 aromatic rings. The summed E-state index contributed by atoms with van der Waals surface area (Å²) in [6, 6.07) is -0.634. The van der Waals surface area contributed by atoms with E-state index < -0.39 is 6.04 Å². The Kier molecular flexibility index (Phi) is 6.28. The van der Waals surface area contributed by atoms with Gasteiger partial charge in [0.1, 0.15) is 11.8 Å². The molecule has 0 aliphatic heterocycles. The second-order valence-corrected chi connectivity index (χ2v) is 3.24. The van der Waals surface area contributed by atoms with Crippen LogP contribution < -0.4 is 16.0 Å². The number of amides is 2. The Hall–Kier alpha value is -1.43. The van der Waals surface area contributed by atoms with Crippen LogP contribution in [0.4, 0.5) is 0 Å². The van der Waals surface area contributed by atoms with Crippen molar-refractivity contribution in [2.75, 3.05) is 20.1 Å². The summed E-state index contributed by atoms with van der Waals surface area (Å²) in [6.45, 7) is 3.09. The van der Waals surface area contributed by atoms with Gasteiger partial charge in [-0.15, -0.1) is 0 Å². The number of likely N-dealkylation sites (N-methyl/N-ethyl adjacent to an activating group) is 1. The molecule has 6 nitrogen and oxygen atoms in total. The Balaban J connectivity index is 3.88. The first kappa shape index (κ1) is 13.6. The maximum Gasteiger partial charge on any atom is 0.242 e. The van der Waals surface area contributed by atoms with Gasteiger partial charge in [-0.1, -0.05) is 0 Å². The minimum Gasteiger partial charge on any atom is -0.347 e. The number of carbonyl (C=O) groups is 3. The van der Waals surface area contributed by atoms with Crippen molar-refractivity contribution < 1.29 is 14.4 Å². The first-order valence-electron chi connectivity index (χ1n) is 4.68. The molecule has 0 radical (unpaired) electrons. The molecule has 0 fully saturated rings. The zero-order chi connectivity index (χ0) is 11.8. The highest BCUT2D eigenvalue weighted by molar-refractivity contribution is 5.90. The lowest BCUT2D eigenvalue weighted by Gasteiger charge is -2.13. The SMILES string of the molecule is CNCC(=O)NC(C)C(=O)NCC(C)=O. The number of ketones is 1. The zero-order valence-electron chi connectivity index (χ0n) is 9.22. The number of nitrogens with one attached hydrogen (secondary N) is 3. The highest BCUT2D eigenvalue weighted by Crippen LogP contribution is 1.81. The van der Waals surface area contributed by atoms with Crippen molar-refractivity contribution in [1.29, 1.82) is 0 Å². The molecule has 0 bridgehead atoms. The summed E-state index contributed by atoms with van der Waals surface area (Å²) >= 11 is 0. The van der Waals surface area contributed by atoms with Crippen molar-refractivity contribution in [3.63, 3.8) is 0 Å². The van der Waals surface area contributed by atoms with Crippen molar-refractivity contribution in [2.45, 2.75) is 19.9 Å². The fraction of sp³-hybridized carbons (Fsp3) is 0.667. The molecule has 0 aliphatic carbocycles. The highest BCUT2D eigenvalue weighted by atomic mass is 16.2. The van der Waals surface area contributed by atoms with Gasteiger partial charge in [-0.05, 0) is 20.9 Å². The molecule has 0 rings (SSSR count). The zero-order valence-corrected chi connectivity index (χ0v) is 9.22. The van der Waals surface area contributed by atoms with E-state index in [0.29, 0.717) is 0 Å². The van der Waals surface area contributed by atoms with Gasteiger partial charge in [0, 0.05) is 0 Å². The third-order valence-corrected chi connectivity index (χ3v) is 1.62. The van der Waals surface area contributed by atoms with Gasteiger partial charge in [-0.3, -0.25) is 14.4 Å². The molecule has 0 saturated carbocycles. The lowest BCUT2D eigenvalue weighted by atomic mass is 10.3. The van der Waals surface area contributed by atoms with E-state index in [1.165, 1.54) is 6.92 Å². The summed E-state index contributed by atoms with van der Waals surface area (Å²) in [7, 11) is 1.64. The number of carbonyl (C=O) groups excluding carboxylic acids is 3. The molecule has 0 aliphatic rings. The molecule has 6 heteroatoms. The summed E-state index contributed by atoms with van der Waals surface area (Å²) in [4.78, 5) is 32.9. The van der Waals surface area contributed by atoms with Gasteiger partial charge in [-0.2, -0.15) is 0 Å². The topological polar surface area (TPSA) is 87.3 Å². The quantitative estimate of drug-likeness (QED) is 0.499. The van der Waals surface area contributed by atoms with Crippen molar-refractivity contribution in [3.8, 4) is 0 Å². The van der Waals surface area contributed by atoms with Crippen LogP contribution in [0, 0.1) is 0 Å². The van der Waals surface area contributed by atoms with Gasteiger partial charge < -0.3 is 16.0 Å². The summed E-state index contributed by atoms with van der Waals surface area (Å²) in [5.41, 5.74) is 0. The van der Waals surface area contributed by atoms with Crippen molar-refractivity contribution in [3.05, 3.63) is 0 Å². The third-order valence-electron chi connectivity index (χ3n) is 1.62. The molecule has 2 amide bonds. The van der Waals surface area contributed by atoms with E-state index in [-0.39, 0.29) is 30.7 Å². The van der Waals surface area contributed by atoms with Crippen LogP contribution in [0.2, 0.25) is 0 Å². The van der Waals surface area contributed by atoms with E-state index >= 15 is 0 Å². The van der Waals surface area contributed by atoms with E-state index in [2.05, 4.69) is 16.0 Å². The van der Waals surface area contributed by atoms with Crippen LogP contribution in [0.1, 0.15) is 13.8 Å². The van der Waals surface area contributed by atoms with E-state index in [4.69, 9.17) is 0 Å². The molecule has 0 saturated heterocycles. The van der Waals surface area contributed by atoms with Gasteiger partial charge >= 0.3 is 0 Å². The normalized spacial score (nSPS) is 11.7. The van der Waals surface area contributed by atoms with Gasteiger partial charge in [0.25, 0.3) is 0 Å². The van der Waals surface area contributed by atoms with Crippen LogP contribution in [0.25, 0.3) is 0 Å². The summed E-state index contributed by atoms with van der Waals surface area (Å²) in [5.74, 6) is -0.755. The standard InChI is InChI=1S/C9H17N3O3/c1-6(13)4-11-9(15)7(2)12-8(14)5-10-3/h7,10H,4-5H2,1-3H3,(H,11,15)(H,12,14). The molecule has 0 spiro atoms. The molecular weight excluding hydrogens is 198 g/mol. The van der Waals surface area contributed by atoms with E-state index in [1.807, 2.05) is 0 Å². The van der Waals surface area contributed by atoms with Gasteiger partial charge in [0.15, 0.2) is 0 Å². The summed E-state index contributed by atoms with van der Waals surface area (Å²) in [6.07, 6.45) is 0. The first-order valence-corrected chi connectivity index (χ1v) is 4.68. The molecule has 0 aromatic carbocycles. The first-order chi connectivity index (χ1) is 6.97. The molecule has 86 valence electrons. The Bertz CT molecular complexity index is 253. The maximum absolute atomic E-state index is 11.3. The lowest BCUT2D eigenvalue weighted by Crippen LogP contribution is -2.47. The fourth-order valence-corrected chi connectivity index (χ4v) is 0.883. The smallest absolute Gasteiger partial charge is 0.242 e. The minimum absolute atomic E-state index is 0.00886. The Morgan fingerprint density at radius 1 is 1.20 bits per heavy atom. The summed E-state index contributed by atoms with van der Waals surface area (Å²) in [5, 5.41) is 7.55. The van der Waals surface area contributed by atoms with Gasteiger partial charge in [-0.25, -0.2) is 0 Å². The fourth-order valence-electron chi connectivity index (χ4n) is 0.883.